The number of rotatable bonds is 8. The number of ketones is 2. The number of hydrogen-bond donors (Lipinski definition) is 2. The maximum absolute atomic E-state index is 13.3. The number of anilines is 2. The molecule has 3 aromatic rings. The number of fused-ring (bicyclic) bond motifs is 3. The van der Waals surface area contributed by atoms with Crippen molar-refractivity contribution in [2.24, 2.45) is 11.8 Å². The molecule has 1 saturated heterocycles. The SMILES string of the molecule is CCC(=O)c1cccc(NS(=O)(=O)c2ccc3c(c2)C2OCCC2C(c2ccc(C(=O)C(C)C)cc2)N3)c1. The summed E-state index contributed by atoms with van der Waals surface area (Å²) in [6.45, 7) is 6.14. The van der Waals surface area contributed by atoms with Crippen LogP contribution in [-0.4, -0.2) is 26.6 Å². The lowest BCUT2D eigenvalue weighted by molar-refractivity contribution is 0.0827. The minimum absolute atomic E-state index is 0.0161. The van der Waals surface area contributed by atoms with E-state index < -0.39 is 10.0 Å². The molecule has 7 nitrogen and oxygen atoms in total. The topological polar surface area (TPSA) is 102 Å². The Morgan fingerprint density at radius 1 is 1.03 bits per heavy atom. The third-order valence-electron chi connectivity index (χ3n) is 7.35. The van der Waals surface area contributed by atoms with Crippen LogP contribution in [0.4, 0.5) is 11.4 Å². The molecule has 3 unspecified atom stereocenters. The van der Waals surface area contributed by atoms with Crippen LogP contribution in [0.3, 0.4) is 0 Å². The molecule has 3 aromatic carbocycles. The van der Waals surface area contributed by atoms with Crippen LogP contribution in [-0.2, 0) is 14.8 Å². The second kappa shape index (κ2) is 10.3. The van der Waals surface area contributed by atoms with Crippen molar-refractivity contribution in [3.05, 3.63) is 89.0 Å². The number of nitrogens with one attached hydrogen (secondary N) is 2. The maximum atomic E-state index is 13.3. The molecule has 0 bridgehead atoms. The molecule has 2 aliphatic heterocycles. The van der Waals surface area contributed by atoms with Gasteiger partial charge in [-0.25, -0.2) is 8.42 Å². The van der Waals surface area contributed by atoms with Crippen LogP contribution in [0.2, 0.25) is 0 Å². The van der Waals surface area contributed by atoms with Gasteiger partial charge in [-0.2, -0.15) is 0 Å². The molecule has 5 rings (SSSR count). The van der Waals surface area contributed by atoms with Crippen LogP contribution in [0.1, 0.15) is 77.6 Å². The molecule has 0 amide bonds. The molecular formula is C30H32N2O5S. The van der Waals surface area contributed by atoms with Crippen molar-refractivity contribution >= 4 is 33.0 Å². The molecule has 0 spiro atoms. The van der Waals surface area contributed by atoms with Gasteiger partial charge in [0.2, 0.25) is 0 Å². The Balaban J connectivity index is 1.41. The van der Waals surface area contributed by atoms with Gasteiger partial charge in [0.25, 0.3) is 10.0 Å². The summed E-state index contributed by atoms with van der Waals surface area (Å²) in [6, 6.07) is 19.3. The molecule has 3 atom stereocenters. The van der Waals surface area contributed by atoms with Crippen LogP contribution in [0.25, 0.3) is 0 Å². The van der Waals surface area contributed by atoms with E-state index in [0.717, 1.165) is 23.2 Å². The summed E-state index contributed by atoms with van der Waals surface area (Å²) in [7, 11) is -3.89. The molecule has 8 heteroatoms. The van der Waals surface area contributed by atoms with Crippen LogP contribution < -0.4 is 10.0 Å². The first-order valence-corrected chi connectivity index (χ1v) is 14.5. The van der Waals surface area contributed by atoms with Crippen molar-refractivity contribution in [3.8, 4) is 0 Å². The van der Waals surface area contributed by atoms with Crippen molar-refractivity contribution in [1.29, 1.82) is 0 Å². The van der Waals surface area contributed by atoms with E-state index in [1.807, 2.05) is 38.1 Å². The molecule has 2 aliphatic rings. The summed E-state index contributed by atoms with van der Waals surface area (Å²) < 4.78 is 35.3. The number of sulfonamides is 1. The van der Waals surface area contributed by atoms with E-state index in [1.54, 1.807) is 49.4 Å². The van der Waals surface area contributed by atoms with E-state index in [-0.39, 0.29) is 40.4 Å². The first-order chi connectivity index (χ1) is 18.2. The lowest BCUT2D eigenvalue weighted by atomic mass is 9.81. The number of carbonyl (C=O) groups is 2. The first kappa shape index (κ1) is 26.1. The summed E-state index contributed by atoms with van der Waals surface area (Å²) in [5.41, 5.74) is 4.22. The van der Waals surface area contributed by atoms with Gasteiger partial charge in [-0.3, -0.25) is 14.3 Å². The molecule has 0 aromatic heterocycles. The fraction of sp³-hybridized carbons (Fsp3) is 0.333. The van der Waals surface area contributed by atoms with Crippen molar-refractivity contribution in [2.75, 3.05) is 16.6 Å². The van der Waals surface area contributed by atoms with E-state index in [9.17, 15) is 18.0 Å². The second-order valence-electron chi connectivity index (χ2n) is 10.2. The van der Waals surface area contributed by atoms with Crippen molar-refractivity contribution in [2.45, 2.75) is 50.7 Å². The van der Waals surface area contributed by atoms with Gasteiger partial charge in [-0.05, 0) is 42.3 Å². The van der Waals surface area contributed by atoms with Gasteiger partial charge in [-0.15, -0.1) is 0 Å². The quantitative estimate of drug-likeness (QED) is 0.337. The van der Waals surface area contributed by atoms with Gasteiger partial charge < -0.3 is 10.1 Å². The normalized spacial score (nSPS) is 20.4. The molecule has 0 radical (unpaired) electrons. The van der Waals surface area contributed by atoms with Gasteiger partial charge in [0.05, 0.1) is 17.0 Å². The highest BCUT2D eigenvalue weighted by atomic mass is 32.2. The number of Topliss-reactive ketones (excluding diaryl/α,β-unsaturated/α-hetero) is 2. The number of benzene rings is 3. The molecular weight excluding hydrogens is 500 g/mol. The lowest BCUT2D eigenvalue weighted by Crippen LogP contribution is -2.29. The summed E-state index contributed by atoms with van der Waals surface area (Å²) in [5, 5.41) is 3.59. The van der Waals surface area contributed by atoms with E-state index in [1.165, 1.54) is 0 Å². The average Bonchev–Trinajstić information content (AvgIpc) is 3.42. The summed E-state index contributed by atoms with van der Waals surface area (Å²) in [6.07, 6.45) is 0.938. The zero-order valence-corrected chi connectivity index (χ0v) is 22.5. The molecule has 2 N–H and O–H groups in total. The summed E-state index contributed by atoms with van der Waals surface area (Å²) in [5.74, 6) is 0.130. The van der Waals surface area contributed by atoms with Crippen LogP contribution in [0.5, 0.6) is 0 Å². The Bertz CT molecular complexity index is 1480. The Kier molecular flexibility index (Phi) is 7.11. The second-order valence-corrected chi connectivity index (χ2v) is 11.9. The lowest BCUT2D eigenvalue weighted by Gasteiger charge is -2.36. The number of hydrogen-bond acceptors (Lipinski definition) is 6. The minimum Gasteiger partial charge on any atom is -0.378 e. The maximum Gasteiger partial charge on any atom is 0.261 e. The highest BCUT2D eigenvalue weighted by molar-refractivity contribution is 7.92. The van der Waals surface area contributed by atoms with Gasteiger partial charge in [0.15, 0.2) is 11.6 Å². The van der Waals surface area contributed by atoms with E-state index in [4.69, 9.17) is 4.74 Å². The first-order valence-electron chi connectivity index (χ1n) is 13.0. The predicted molar refractivity (Wildman–Crippen MR) is 147 cm³/mol. The van der Waals surface area contributed by atoms with Crippen LogP contribution in [0.15, 0.2) is 71.6 Å². The monoisotopic (exact) mass is 532 g/mol. The third kappa shape index (κ3) is 4.98. The summed E-state index contributed by atoms with van der Waals surface area (Å²) >= 11 is 0. The van der Waals surface area contributed by atoms with Gasteiger partial charge in [0.1, 0.15) is 0 Å². The number of carbonyl (C=O) groups excluding carboxylic acids is 2. The van der Waals surface area contributed by atoms with Crippen molar-refractivity contribution < 1.29 is 22.7 Å². The Labute approximate surface area is 223 Å². The smallest absolute Gasteiger partial charge is 0.261 e. The average molecular weight is 533 g/mol. The molecule has 38 heavy (non-hydrogen) atoms. The molecule has 0 aliphatic carbocycles. The third-order valence-corrected chi connectivity index (χ3v) is 8.73. The van der Waals surface area contributed by atoms with Crippen LogP contribution >= 0.6 is 0 Å². The Hall–Kier alpha value is -3.49. The predicted octanol–water partition coefficient (Wildman–Crippen LogP) is 6.16. The van der Waals surface area contributed by atoms with E-state index in [0.29, 0.717) is 29.8 Å². The van der Waals surface area contributed by atoms with Gasteiger partial charge in [-0.1, -0.05) is 57.2 Å². The largest absolute Gasteiger partial charge is 0.378 e. The molecule has 0 saturated carbocycles. The Morgan fingerprint density at radius 2 is 1.79 bits per heavy atom. The molecule has 2 heterocycles. The highest BCUT2D eigenvalue weighted by Gasteiger charge is 2.42. The van der Waals surface area contributed by atoms with E-state index >= 15 is 0 Å². The van der Waals surface area contributed by atoms with Gasteiger partial charge >= 0.3 is 0 Å². The molecule has 198 valence electrons. The fourth-order valence-electron chi connectivity index (χ4n) is 5.31. The highest BCUT2D eigenvalue weighted by Crippen LogP contribution is 2.50. The van der Waals surface area contributed by atoms with Gasteiger partial charge in [0, 0.05) is 52.9 Å². The zero-order chi connectivity index (χ0) is 27.0. The molecule has 1 fully saturated rings. The van der Waals surface area contributed by atoms with Crippen molar-refractivity contribution in [3.63, 3.8) is 0 Å². The Morgan fingerprint density at radius 3 is 2.50 bits per heavy atom. The summed E-state index contributed by atoms with van der Waals surface area (Å²) in [4.78, 5) is 24.6. The standard InChI is InChI=1S/C30H32N2O5S/c1-4-27(33)21-6-5-7-22(16-21)32-38(35,36)23-12-13-26-25(17-23)30-24(14-15-37-30)28(31-26)19-8-10-20(11-9-19)29(34)18(2)3/h5-13,16-18,24,28,30-32H,4,14-15H2,1-3H3. The fourth-order valence-corrected chi connectivity index (χ4v) is 6.39. The van der Waals surface area contributed by atoms with Crippen molar-refractivity contribution in [1.82, 2.24) is 0 Å². The minimum atomic E-state index is -3.89. The zero-order valence-electron chi connectivity index (χ0n) is 21.7. The van der Waals surface area contributed by atoms with Crippen LogP contribution in [0, 0.1) is 11.8 Å². The number of ether oxygens (including phenoxy) is 1. The van der Waals surface area contributed by atoms with E-state index in [2.05, 4.69) is 10.0 Å².